The number of rotatable bonds is 1. The first-order valence-corrected chi connectivity index (χ1v) is 3.77. The van der Waals surface area contributed by atoms with Crippen LogP contribution in [0.3, 0.4) is 0 Å². The van der Waals surface area contributed by atoms with Gasteiger partial charge in [-0.25, -0.2) is 0 Å². The standard InChI is InChI=1S/C11H8N/c1-2-5-9-8-12-11-7-4-3-6-10(9)11/h1,3-8,12H. The van der Waals surface area contributed by atoms with E-state index in [1.54, 1.807) is 6.42 Å². The summed E-state index contributed by atoms with van der Waals surface area (Å²) in [6.45, 7) is 0. The van der Waals surface area contributed by atoms with Gasteiger partial charge in [-0.05, 0) is 11.6 Å². The van der Waals surface area contributed by atoms with Gasteiger partial charge in [-0.1, -0.05) is 24.1 Å². The number of terminal acetylenes is 1. The van der Waals surface area contributed by atoms with Gasteiger partial charge in [0, 0.05) is 17.1 Å². The average molecular weight is 154 g/mol. The molecule has 0 unspecified atom stereocenters. The van der Waals surface area contributed by atoms with Gasteiger partial charge in [0.2, 0.25) is 0 Å². The zero-order chi connectivity index (χ0) is 8.39. The average Bonchev–Trinajstić information content (AvgIpc) is 2.50. The molecule has 1 aromatic heterocycles. The molecule has 0 saturated carbocycles. The fourth-order valence-corrected chi connectivity index (χ4v) is 1.30. The number of benzene rings is 1. The van der Waals surface area contributed by atoms with Gasteiger partial charge in [0.15, 0.2) is 0 Å². The Morgan fingerprint density at radius 3 is 3.00 bits per heavy atom. The van der Waals surface area contributed by atoms with Gasteiger partial charge in [0.25, 0.3) is 0 Å². The summed E-state index contributed by atoms with van der Waals surface area (Å²) in [5, 5.41) is 1.18. The quantitative estimate of drug-likeness (QED) is 0.607. The summed E-state index contributed by atoms with van der Waals surface area (Å²) in [5.74, 6) is 2.52. The van der Waals surface area contributed by atoms with E-state index in [1.165, 1.54) is 5.39 Å². The van der Waals surface area contributed by atoms with E-state index in [9.17, 15) is 0 Å². The summed E-state index contributed by atoms with van der Waals surface area (Å²) in [6, 6.07) is 8.08. The van der Waals surface area contributed by atoms with Gasteiger partial charge in [-0.3, -0.25) is 0 Å². The van der Waals surface area contributed by atoms with Gasteiger partial charge < -0.3 is 4.98 Å². The Bertz CT molecular complexity index is 431. The van der Waals surface area contributed by atoms with Crippen molar-refractivity contribution in [3.63, 3.8) is 0 Å². The highest BCUT2D eigenvalue weighted by Crippen LogP contribution is 2.18. The molecule has 1 heteroatoms. The summed E-state index contributed by atoms with van der Waals surface area (Å²) < 4.78 is 0. The molecule has 1 aromatic carbocycles. The second-order valence-electron chi connectivity index (χ2n) is 2.60. The van der Waals surface area contributed by atoms with Crippen LogP contribution >= 0.6 is 0 Å². The Morgan fingerprint density at radius 2 is 2.17 bits per heavy atom. The summed E-state index contributed by atoms with van der Waals surface area (Å²) in [5.41, 5.74) is 2.20. The van der Waals surface area contributed by atoms with Gasteiger partial charge in [0.05, 0.1) is 6.42 Å². The van der Waals surface area contributed by atoms with Crippen LogP contribution in [0.25, 0.3) is 10.9 Å². The normalized spacial score (nSPS) is 9.92. The Balaban J connectivity index is 2.64. The van der Waals surface area contributed by atoms with Crippen LogP contribution in [-0.4, -0.2) is 4.98 Å². The fourth-order valence-electron chi connectivity index (χ4n) is 1.30. The molecular formula is C11H8N. The van der Waals surface area contributed by atoms with Gasteiger partial charge in [0.1, 0.15) is 0 Å². The van der Waals surface area contributed by atoms with E-state index < -0.39 is 0 Å². The minimum atomic E-state index is 1.08. The van der Waals surface area contributed by atoms with Crippen LogP contribution in [0.4, 0.5) is 0 Å². The van der Waals surface area contributed by atoms with E-state index in [4.69, 9.17) is 6.42 Å². The molecule has 0 spiro atoms. The molecule has 0 saturated heterocycles. The summed E-state index contributed by atoms with van der Waals surface area (Å²) in [7, 11) is 0. The van der Waals surface area contributed by atoms with Crippen molar-refractivity contribution >= 4 is 10.9 Å². The molecule has 0 aliphatic heterocycles. The van der Waals surface area contributed by atoms with Crippen molar-refractivity contribution in [3.05, 3.63) is 42.4 Å². The van der Waals surface area contributed by atoms with E-state index in [2.05, 4.69) is 17.0 Å². The summed E-state index contributed by atoms with van der Waals surface area (Å²) >= 11 is 0. The third-order valence-corrected chi connectivity index (χ3v) is 1.86. The van der Waals surface area contributed by atoms with E-state index in [-0.39, 0.29) is 0 Å². The number of aromatic nitrogens is 1. The lowest BCUT2D eigenvalue weighted by molar-refractivity contribution is 1.45. The highest BCUT2D eigenvalue weighted by Gasteiger charge is 1.99. The number of fused-ring (bicyclic) bond motifs is 1. The minimum Gasteiger partial charge on any atom is -0.361 e. The van der Waals surface area contributed by atoms with Crippen LogP contribution in [-0.2, 0) is 0 Å². The molecule has 0 amide bonds. The topological polar surface area (TPSA) is 15.8 Å². The Morgan fingerprint density at radius 1 is 1.33 bits per heavy atom. The van der Waals surface area contributed by atoms with Crippen LogP contribution in [0.1, 0.15) is 5.56 Å². The molecule has 0 aliphatic rings. The van der Waals surface area contributed by atoms with E-state index in [0.717, 1.165) is 11.1 Å². The zero-order valence-corrected chi connectivity index (χ0v) is 6.54. The SMILES string of the molecule is C#C[CH]c1c[nH]c2ccccc12. The van der Waals surface area contributed by atoms with Crippen LogP contribution in [0.5, 0.6) is 0 Å². The molecule has 1 heterocycles. The molecule has 1 N–H and O–H groups in total. The van der Waals surface area contributed by atoms with E-state index in [1.807, 2.05) is 24.4 Å². The van der Waals surface area contributed by atoms with Gasteiger partial charge in [-0.15, -0.1) is 6.42 Å². The first-order chi connectivity index (χ1) is 5.92. The Labute approximate surface area is 71.4 Å². The third kappa shape index (κ3) is 0.981. The highest BCUT2D eigenvalue weighted by molar-refractivity contribution is 5.84. The molecule has 0 aliphatic carbocycles. The van der Waals surface area contributed by atoms with E-state index in [0.29, 0.717) is 0 Å². The molecule has 57 valence electrons. The number of aromatic amines is 1. The van der Waals surface area contributed by atoms with Gasteiger partial charge >= 0.3 is 0 Å². The largest absolute Gasteiger partial charge is 0.361 e. The number of nitrogens with one attached hydrogen (secondary N) is 1. The molecule has 2 aromatic rings. The Hall–Kier alpha value is -1.68. The van der Waals surface area contributed by atoms with Crippen molar-refractivity contribution in [2.45, 2.75) is 0 Å². The lowest BCUT2D eigenvalue weighted by Gasteiger charge is -1.90. The number of H-pyrrole nitrogens is 1. The van der Waals surface area contributed by atoms with Crippen molar-refractivity contribution in [1.29, 1.82) is 0 Å². The van der Waals surface area contributed by atoms with E-state index >= 15 is 0 Å². The zero-order valence-electron chi connectivity index (χ0n) is 6.54. The predicted molar refractivity (Wildman–Crippen MR) is 50.5 cm³/mol. The highest BCUT2D eigenvalue weighted by atomic mass is 14.7. The molecule has 2 rings (SSSR count). The Kier molecular flexibility index (Phi) is 1.60. The van der Waals surface area contributed by atoms with Gasteiger partial charge in [-0.2, -0.15) is 0 Å². The van der Waals surface area contributed by atoms with Crippen LogP contribution in [0.15, 0.2) is 30.5 Å². The van der Waals surface area contributed by atoms with Crippen molar-refractivity contribution < 1.29 is 0 Å². The smallest absolute Gasteiger partial charge is 0.0649 e. The summed E-state index contributed by atoms with van der Waals surface area (Å²) in [4.78, 5) is 3.15. The first kappa shape index (κ1) is 7.00. The first-order valence-electron chi connectivity index (χ1n) is 3.77. The predicted octanol–water partition coefficient (Wildman–Crippen LogP) is 2.35. The maximum absolute atomic E-state index is 5.19. The molecule has 0 bridgehead atoms. The number of hydrogen-bond donors (Lipinski definition) is 1. The molecule has 0 fully saturated rings. The van der Waals surface area contributed by atoms with Crippen LogP contribution in [0, 0.1) is 18.8 Å². The molecule has 1 nitrogen and oxygen atoms in total. The lowest BCUT2D eigenvalue weighted by atomic mass is 10.1. The minimum absolute atomic E-state index is 1.08. The fraction of sp³-hybridized carbons (Fsp3) is 0. The van der Waals surface area contributed by atoms with Crippen molar-refractivity contribution in [3.8, 4) is 12.3 Å². The number of hydrogen-bond acceptors (Lipinski definition) is 0. The van der Waals surface area contributed by atoms with Crippen LogP contribution < -0.4 is 0 Å². The lowest BCUT2D eigenvalue weighted by Crippen LogP contribution is -1.72. The van der Waals surface area contributed by atoms with Crippen LogP contribution in [0.2, 0.25) is 0 Å². The molecular weight excluding hydrogens is 146 g/mol. The second kappa shape index (κ2) is 2.75. The monoisotopic (exact) mass is 154 g/mol. The molecule has 0 atom stereocenters. The number of para-hydroxylation sites is 1. The van der Waals surface area contributed by atoms with Crippen molar-refractivity contribution in [2.24, 2.45) is 0 Å². The summed E-state index contributed by atoms with van der Waals surface area (Å²) in [6.07, 6.45) is 8.88. The maximum Gasteiger partial charge on any atom is 0.0649 e. The third-order valence-electron chi connectivity index (χ3n) is 1.86. The maximum atomic E-state index is 5.19. The molecule has 12 heavy (non-hydrogen) atoms. The van der Waals surface area contributed by atoms with Crippen molar-refractivity contribution in [2.75, 3.05) is 0 Å². The van der Waals surface area contributed by atoms with Crippen molar-refractivity contribution in [1.82, 2.24) is 4.98 Å². The second-order valence-corrected chi connectivity index (χ2v) is 2.60. The molecule has 1 radical (unpaired) electrons.